The van der Waals surface area contributed by atoms with Gasteiger partial charge in [-0.1, -0.05) is 13.0 Å². The quantitative estimate of drug-likeness (QED) is 0.785. The number of nitrogens with zero attached hydrogens (tertiary/aromatic N) is 1. The van der Waals surface area contributed by atoms with Gasteiger partial charge in [-0.3, -0.25) is 4.90 Å². The van der Waals surface area contributed by atoms with Gasteiger partial charge < -0.3 is 5.73 Å². The highest BCUT2D eigenvalue weighted by molar-refractivity contribution is 7.10. The summed E-state index contributed by atoms with van der Waals surface area (Å²) in [5, 5.41) is 2.13. The van der Waals surface area contributed by atoms with Crippen LogP contribution in [0.3, 0.4) is 0 Å². The van der Waals surface area contributed by atoms with Crippen LogP contribution in [-0.2, 0) is 0 Å². The van der Waals surface area contributed by atoms with E-state index in [0.717, 1.165) is 19.5 Å². The third-order valence-electron chi connectivity index (χ3n) is 2.27. The van der Waals surface area contributed by atoms with Crippen molar-refractivity contribution in [3.63, 3.8) is 0 Å². The van der Waals surface area contributed by atoms with Gasteiger partial charge in [0, 0.05) is 24.0 Å². The van der Waals surface area contributed by atoms with Gasteiger partial charge in [-0.2, -0.15) is 0 Å². The molecule has 1 unspecified atom stereocenters. The van der Waals surface area contributed by atoms with E-state index in [0.29, 0.717) is 6.04 Å². The molecule has 74 valence electrons. The molecule has 0 aromatic carbocycles. The Morgan fingerprint density at radius 2 is 2.38 bits per heavy atom. The van der Waals surface area contributed by atoms with Gasteiger partial charge in [0.1, 0.15) is 0 Å². The average Bonchev–Trinajstić information content (AvgIpc) is 2.59. The van der Waals surface area contributed by atoms with Crippen molar-refractivity contribution in [1.29, 1.82) is 0 Å². The Bertz CT molecular complexity index is 221. The number of thiophene rings is 1. The molecule has 13 heavy (non-hydrogen) atoms. The summed E-state index contributed by atoms with van der Waals surface area (Å²) in [6.45, 7) is 3.92. The maximum atomic E-state index is 5.54. The summed E-state index contributed by atoms with van der Waals surface area (Å²) in [5.41, 5.74) is 5.54. The Labute approximate surface area is 84.4 Å². The summed E-state index contributed by atoms with van der Waals surface area (Å²) in [7, 11) is 2.14. The lowest BCUT2D eigenvalue weighted by Gasteiger charge is -2.25. The molecule has 3 heteroatoms. The molecule has 1 rings (SSSR count). The summed E-state index contributed by atoms with van der Waals surface area (Å²) in [4.78, 5) is 3.77. The lowest BCUT2D eigenvalue weighted by atomic mass is 10.1. The standard InChI is InChI=1S/C10H18N2S/c1-3-9(12(2)7-6-11)10-5-4-8-13-10/h4-5,8-9H,3,6-7,11H2,1-2H3. The van der Waals surface area contributed by atoms with Gasteiger partial charge in [-0.15, -0.1) is 11.3 Å². The van der Waals surface area contributed by atoms with Gasteiger partial charge >= 0.3 is 0 Å². The zero-order valence-corrected chi connectivity index (χ0v) is 9.18. The van der Waals surface area contributed by atoms with E-state index < -0.39 is 0 Å². The fourth-order valence-electron chi connectivity index (χ4n) is 1.57. The Kier molecular flexibility index (Phi) is 4.42. The molecule has 0 fully saturated rings. The van der Waals surface area contributed by atoms with Crippen LogP contribution in [0.25, 0.3) is 0 Å². The van der Waals surface area contributed by atoms with Crippen LogP contribution in [0.4, 0.5) is 0 Å². The fourth-order valence-corrected chi connectivity index (χ4v) is 2.55. The first-order valence-corrected chi connectivity index (χ1v) is 5.61. The largest absolute Gasteiger partial charge is 0.329 e. The van der Waals surface area contributed by atoms with E-state index in [-0.39, 0.29) is 0 Å². The summed E-state index contributed by atoms with van der Waals surface area (Å²) in [6.07, 6.45) is 1.15. The Morgan fingerprint density at radius 3 is 2.85 bits per heavy atom. The second-order valence-electron chi connectivity index (χ2n) is 3.21. The van der Waals surface area contributed by atoms with Crippen molar-refractivity contribution in [3.8, 4) is 0 Å². The van der Waals surface area contributed by atoms with Gasteiger partial charge in [-0.25, -0.2) is 0 Å². The third-order valence-corrected chi connectivity index (χ3v) is 3.25. The molecule has 0 saturated carbocycles. The molecule has 1 aromatic rings. The van der Waals surface area contributed by atoms with Gasteiger partial charge in [-0.05, 0) is 24.9 Å². The first-order valence-electron chi connectivity index (χ1n) is 4.73. The highest BCUT2D eigenvalue weighted by Gasteiger charge is 2.14. The molecule has 1 aromatic heterocycles. The number of likely N-dealkylation sites (N-methyl/N-ethyl adjacent to an activating group) is 1. The molecule has 0 amide bonds. The molecule has 0 bridgehead atoms. The smallest absolute Gasteiger partial charge is 0.0436 e. The molecule has 1 atom stereocenters. The van der Waals surface area contributed by atoms with Crippen molar-refractivity contribution in [2.24, 2.45) is 5.73 Å². The number of hydrogen-bond acceptors (Lipinski definition) is 3. The van der Waals surface area contributed by atoms with E-state index in [1.54, 1.807) is 0 Å². The van der Waals surface area contributed by atoms with Crippen LogP contribution in [0.2, 0.25) is 0 Å². The third kappa shape index (κ3) is 2.79. The Balaban J connectivity index is 2.62. The van der Waals surface area contributed by atoms with Crippen LogP contribution in [0.5, 0.6) is 0 Å². The first-order chi connectivity index (χ1) is 6.29. The van der Waals surface area contributed by atoms with E-state index in [4.69, 9.17) is 5.73 Å². The summed E-state index contributed by atoms with van der Waals surface area (Å²) in [6, 6.07) is 4.86. The molecular weight excluding hydrogens is 180 g/mol. The summed E-state index contributed by atoms with van der Waals surface area (Å²) >= 11 is 1.83. The second-order valence-corrected chi connectivity index (χ2v) is 4.19. The fraction of sp³-hybridized carbons (Fsp3) is 0.600. The molecule has 0 aliphatic heterocycles. The first kappa shape index (κ1) is 10.7. The SMILES string of the molecule is CCC(c1cccs1)N(C)CCN. The van der Waals surface area contributed by atoms with Gasteiger partial charge in [0.25, 0.3) is 0 Å². The number of rotatable bonds is 5. The normalized spacial score (nSPS) is 13.5. The van der Waals surface area contributed by atoms with Crippen LogP contribution < -0.4 is 5.73 Å². The minimum absolute atomic E-state index is 0.545. The zero-order valence-electron chi connectivity index (χ0n) is 8.36. The monoisotopic (exact) mass is 198 g/mol. The predicted octanol–water partition coefficient (Wildman–Crippen LogP) is 2.09. The summed E-state index contributed by atoms with van der Waals surface area (Å²) < 4.78 is 0. The lowest BCUT2D eigenvalue weighted by Crippen LogP contribution is -2.29. The number of hydrogen-bond donors (Lipinski definition) is 1. The summed E-state index contributed by atoms with van der Waals surface area (Å²) in [5.74, 6) is 0. The topological polar surface area (TPSA) is 29.3 Å². The van der Waals surface area contributed by atoms with Crippen LogP contribution in [0, 0.1) is 0 Å². The molecular formula is C10H18N2S. The van der Waals surface area contributed by atoms with E-state index in [9.17, 15) is 0 Å². The van der Waals surface area contributed by atoms with Gasteiger partial charge in [0.05, 0.1) is 0 Å². The second kappa shape index (κ2) is 5.37. The molecule has 1 heterocycles. The molecule has 0 aliphatic carbocycles. The van der Waals surface area contributed by atoms with Crippen LogP contribution in [-0.4, -0.2) is 25.0 Å². The molecule has 0 spiro atoms. The molecule has 2 nitrogen and oxygen atoms in total. The lowest BCUT2D eigenvalue weighted by molar-refractivity contribution is 0.249. The maximum absolute atomic E-state index is 5.54. The van der Waals surface area contributed by atoms with Gasteiger partial charge in [0.15, 0.2) is 0 Å². The highest BCUT2D eigenvalue weighted by atomic mass is 32.1. The minimum atomic E-state index is 0.545. The zero-order chi connectivity index (χ0) is 9.68. The average molecular weight is 198 g/mol. The van der Waals surface area contributed by atoms with Crippen LogP contribution in [0.15, 0.2) is 17.5 Å². The van der Waals surface area contributed by atoms with E-state index >= 15 is 0 Å². The van der Waals surface area contributed by atoms with Crippen molar-refractivity contribution in [1.82, 2.24) is 4.90 Å². The Hall–Kier alpha value is -0.380. The molecule has 0 aliphatic rings. The molecule has 0 saturated heterocycles. The van der Waals surface area contributed by atoms with Crippen molar-refractivity contribution in [3.05, 3.63) is 22.4 Å². The van der Waals surface area contributed by atoms with Crippen molar-refractivity contribution in [2.45, 2.75) is 19.4 Å². The Morgan fingerprint density at radius 1 is 1.62 bits per heavy atom. The minimum Gasteiger partial charge on any atom is -0.329 e. The van der Waals surface area contributed by atoms with Crippen molar-refractivity contribution >= 4 is 11.3 Å². The van der Waals surface area contributed by atoms with Crippen molar-refractivity contribution in [2.75, 3.05) is 20.1 Å². The van der Waals surface area contributed by atoms with E-state index in [2.05, 4.69) is 36.4 Å². The maximum Gasteiger partial charge on any atom is 0.0436 e. The molecule has 2 N–H and O–H groups in total. The van der Waals surface area contributed by atoms with Crippen LogP contribution >= 0.6 is 11.3 Å². The number of nitrogens with two attached hydrogens (primary N) is 1. The predicted molar refractivity (Wildman–Crippen MR) is 59.0 cm³/mol. The molecule has 0 radical (unpaired) electrons. The van der Waals surface area contributed by atoms with E-state index in [1.165, 1.54) is 4.88 Å². The highest BCUT2D eigenvalue weighted by Crippen LogP contribution is 2.26. The van der Waals surface area contributed by atoms with E-state index in [1.807, 2.05) is 11.3 Å². The van der Waals surface area contributed by atoms with Gasteiger partial charge in [0.2, 0.25) is 0 Å². The van der Waals surface area contributed by atoms with Crippen molar-refractivity contribution < 1.29 is 0 Å². The van der Waals surface area contributed by atoms with Crippen LogP contribution in [0.1, 0.15) is 24.3 Å².